The van der Waals surface area contributed by atoms with Gasteiger partial charge in [-0.2, -0.15) is 11.8 Å². The summed E-state index contributed by atoms with van der Waals surface area (Å²) < 4.78 is 27.8. The van der Waals surface area contributed by atoms with Gasteiger partial charge in [0.2, 0.25) is 0 Å². The van der Waals surface area contributed by atoms with E-state index < -0.39 is 13.3 Å². The average Bonchev–Trinajstić information content (AvgIpc) is 2.91. The molecule has 0 heterocycles. The molecule has 0 amide bonds. The van der Waals surface area contributed by atoms with Crippen LogP contribution in [0.3, 0.4) is 0 Å². The second kappa shape index (κ2) is 22.9. The zero-order valence-corrected chi connectivity index (χ0v) is 25.8. The van der Waals surface area contributed by atoms with Crippen molar-refractivity contribution in [1.82, 2.24) is 0 Å². The fourth-order valence-electron chi connectivity index (χ4n) is 4.06. The maximum Gasteiger partial charge on any atom is 0.435 e. The van der Waals surface area contributed by atoms with E-state index in [9.17, 15) is 14.3 Å². The fraction of sp³-hybridized carbons (Fsp3) is 0.767. The largest absolute Gasteiger partial charge is 0.457 e. The van der Waals surface area contributed by atoms with Crippen LogP contribution in [0.1, 0.15) is 110 Å². The van der Waals surface area contributed by atoms with Crippen molar-refractivity contribution in [2.24, 2.45) is 0 Å². The lowest BCUT2D eigenvalue weighted by Gasteiger charge is -2.19. The molecule has 1 N–H and O–H groups in total. The molecular formula is C30H53O6PS. The van der Waals surface area contributed by atoms with Gasteiger partial charge in [-0.05, 0) is 56.8 Å². The Morgan fingerprint density at radius 1 is 0.895 bits per heavy atom. The SMILES string of the molecule is CCCCCCCC(CCOC(C)COP(=O)(O)C(=O)OCCCC)SCCCCCCc1ccccc1. The first kappa shape index (κ1) is 35.2. The summed E-state index contributed by atoms with van der Waals surface area (Å²) in [6.07, 6.45) is 15.9. The van der Waals surface area contributed by atoms with E-state index in [1.54, 1.807) is 6.92 Å². The Hall–Kier alpha value is -0.850. The second-order valence-corrected chi connectivity index (χ2v) is 13.2. The monoisotopic (exact) mass is 572 g/mol. The summed E-state index contributed by atoms with van der Waals surface area (Å²) in [6.45, 7) is 6.57. The van der Waals surface area contributed by atoms with Crippen LogP contribution in [0.4, 0.5) is 4.79 Å². The van der Waals surface area contributed by atoms with Crippen molar-refractivity contribution in [1.29, 1.82) is 0 Å². The van der Waals surface area contributed by atoms with Crippen LogP contribution in [0.5, 0.6) is 0 Å². The van der Waals surface area contributed by atoms with Crippen molar-refractivity contribution in [3.63, 3.8) is 0 Å². The minimum Gasteiger partial charge on any atom is -0.457 e. The number of ether oxygens (including phenoxy) is 2. The normalized spacial score (nSPS) is 14.6. The summed E-state index contributed by atoms with van der Waals surface area (Å²) in [5, 5.41) is 0.562. The summed E-state index contributed by atoms with van der Waals surface area (Å²) >= 11 is 2.07. The van der Waals surface area contributed by atoms with E-state index in [0.29, 0.717) is 18.3 Å². The fourth-order valence-corrected chi connectivity index (χ4v) is 6.13. The Labute approximate surface area is 236 Å². The van der Waals surface area contributed by atoms with E-state index in [2.05, 4.69) is 49.0 Å². The van der Waals surface area contributed by atoms with E-state index in [1.807, 2.05) is 6.92 Å². The zero-order valence-electron chi connectivity index (χ0n) is 24.1. The van der Waals surface area contributed by atoms with Crippen molar-refractivity contribution >= 4 is 25.1 Å². The lowest BCUT2D eigenvalue weighted by molar-refractivity contribution is 0.0274. The van der Waals surface area contributed by atoms with Gasteiger partial charge < -0.3 is 14.4 Å². The quantitative estimate of drug-likeness (QED) is 0.0924. The minimum absolute atomic E-state index is 0.117. The van der Waals surface area contributed by atoms with Crippen LogP contribution in [0.25, 0.3) is 0 Å². The third-order valence-electron chi connectivity index (χ3n) is 6.47. The van der Waals surface area contributed by atoms with Crippen LogP contribution in [0, 0.1) is 0 Å². The molecule has 1 aromatic rings. The minimum atomic E-state index is -4.44. The van der Waals surface area contributed by atoms with Gasteiger partial charge in [0.05, 0.1) is 19.3 Å². The first-order valence-electron chi connectivity index (χ1n) is 14.8. The molecule has 8 heteroatoms. The smallest absolute Gasteiger partial charge is 0.435 e. The molecule has 0 aliphatic rings. The third-order valence-corrected chi connectivity index (χ3v) is 9.02. The number of aryl methyl sites for hydroxylation is 1. The molecule has 0 aromatic heterocycles. The van der Waals surface area contributed by atoms with Crippen LogP contribution in [-0.4, -0.2) is 47.5 Å². The number of rotatable bonds is 25. The number of carbonyl (C=O) groups is 1. The predicted molar refractivity (Wildman–Crippen MR) is 160 cm³/mol. The molecule has 38 heavy (non-hydrogen) atoms. The zero-order chi connectivity index (χ0) is 27.9. The summed E-state index contributed by atoms with van der Waals surface area (Å²) in [7, 11) is -4.44. The molecule has 0 aliphatic carbocycles. The number of unbranched alkanes of at least 4 members (excludes halogenated alkanes) is 8. The molecule has 0 bridgehead atoms. The molecule has 220 valence electrons. The first-order valence-corrected chi connectivity index (χ1v) is 17.4. The Morgan fingerprint density at radius 2 is 1.58 bits per heavy atom. The summed E-state index contributed by atoms with van der Waals surface area (Å²) in [6, 6.07) is 10.7. The molecular weight excluding hydrogens is 519 g/mol. The highest BCUT2D eigenvalue weighted by Crippen LogP contribution is 2.44. The van der Waals surface area contributed by atoms with Crippen LogP contribution in [0.15, 0.2) is 30.3 Å². The standard InChI is InChI=1S/C30H53O6PS/c1-4-6-8-9-16-21-29(38-25-17-11-10-13-18-28-19-14-12-15-20-28)22-24-34-27(3)26-36-37(32,33)30(31)35-23-7-5-2/h12,14-15,19-20,27,29H,4-11,13,16-18,21-26H2,1-3H3,(H,32,33). The average molecular weight is 573 g/mol. The van der Waals surface area contributed by atoms with Gasteiger partial charge in [-0.15, -0.1) is 0 Å². The van der Waals surface area contributed by atoms with Crippen LogP contribution in [0.2, 0.25) is 0 Å². The maximum absolute atomic E-state index is 12.1. The van der Waals surface area contributed by atoms with E-state index in [1.165, 1.54) is 81.9 Å². The van der Waals surface area contributed by atoms with Crippen LogP contribution in [-0.2, 0) is 25.0 Å². The van der Waals surface area contributed by atoms with Gasteiger partial charge in [0.15, 0.2) is 0 Å². The van der Waals surface area contributed by atoms with Gasteiger partial charge in [0.25, 0.3) is 0 Å². The molecule has 0 saturated carbocycles. The van der Waals surface area contributed by atoms with Gasteiger partial charge in [0.1, 0.15) is 0 Å². The topological polar surface area (TPSA) is 82.1 Å². The third kappa shape index (κ3) is 18.4. The molecule has 0 radical (unpaired) electrons. The highest BCUT2D eigenvalue weighted by Gasteiger charge is 2.33. The maximum atomic E-state index is 12.1. The predicted octanol–water partition coefficient (Wildman–Crippen LogP) is 9.19. The number of benzene rings is 1. The van der Waals surface area contributed by atoms with Crippen molar-refractivity contribution in [3.8, 4) is 0 Å². The van der Waals surface area contributed by atoms with Gasteiger partial charge in [-0.3, -0.25) is 4.52 Å². The number of hydrogen-bond acceptors (Lipinski definition) is 6. The molecule has 0 fully saturated rings. The number of carbonyl (C=O) groups excluding carboxylic acids is 1. The van der Waals surface area contributed by atoms with Crippen molar-refractivity contribution in [3.05, 3.63) is 35.9 Å². The summed E-state index contributed by atoms with van der Waals surface area (Å²) in [5.41, 5.74) is 0.246. The lowest BCUT2D eigenvalue weighted by atomic mass is 10.1. The highest BCUT2D eigenvalue weighted by atomic mass is 32.2. The Kier molecular flexibility index (Phi) is 21.2. The molecule has 3 unspecified atom stereocenters. The van der Waals surface area contributed by atoms with E-state index in [4.69, 9.17) is 14.0 Å². The molecule has 1 rings (SSSR count). The Bertz CT molecular complexity index is 748. The molecule has 0 spiro atoms. The van der Waals surface area contributed by atoms with E-state index >= 15 is 0 Å². The number of hydrogen-bond donors (Lipinski definition) is 1. The van der Waals surface area contributed by atoms with E-state index in [0.717, 1.165) is 12.8 Å². The van der Waals surface area contributed by atoms with Gasteiger partial charge in [-0.1, -0.05) is 95.5 Å². The van der Waals surface area contributed by atoms with Crippen molar-refractivity contribution in [2.45, 2.75) is 122 Å². The molecule has 0 saturated heterocycles. The van der Waals surface area contributed by atoms with Gasteiger partial charge in [0, 0.05) is 11.9 Å². The molecule has 6 nitrogen and oxygen atoms in total. The van der Waals surface area contributed by atoms with Crippen molar-refractivity contribution < 1.29 is 28.3 Å². The number of thioether (sulfide) groups is 1. The van der Waals surface area contributed by atoms with Gasteiger partial charge >= 0.3 is 13.3 Å². The van der Waals surface area contributed by atoms with E-state index in [-0.39, 0.29) is 19.3 Å². The highest BCUT2D eigenvalue weighted by molar-refractivity contribution is 7.99. The second-order valence-electron chi connectivity index (χ2n) is 10.1. The van der Waals surface area contributed by atoms with Crippen molar-refractivity contribution in [2.75, 3.05) is 25.6 Å². The lowest BCUT2D eigenvalue weighted by Crippen LogP contribution is -2.19. The first-order chi connectivity index (χ1) is 18.4. The van der Waals surface area contributed by atoms with Crippen LogP contribution < -0.4 is 0 Å². The summed E-state index contributed by atoms with van der Waals surface area (Å²) in [5.74, 6) is 1.18. The Balaban J connectivity index is 2.28. The Morgan fingerprint density at radius 3 is 2.32 bits per heavy atom. The molecule has 3 atom stereocenters. The molecule has 1 aromatic carbocycles. The van der Waals surface area contributed by atoms with Crippen LogP contribution >= 0.6 is 19.4 Å². The summed E-state index contributed by atoms with van der Waals surface area (Å²) in [4.78, 5) is 21.6. The van der Waals surface area contributed by atoms with Gasteiger partial charge in [-0.25, -0.2) is 9.36 Å². The molecule has 0 aliphatic heterocycles.